The van der Waals surface area contributed by atoms with Crippen molar-refractivity contribution in [2.45, 2.75) is 99.0 Å². The highest BCUT2D eigenvalue weighted by molar-refractivity contribution is 5.77. The van der Waals surface area contributed by atoms with Crippen molar-refractivity contribution < 1.29 is 23.9 Å². The molecule has 0 radical (unpaired) electrons. The van der Waals surface area contributed by atoms with Gasteiger partial charge in [-0.3, -0.25) is 14.4 Å². The number of aryl methyl sites for hydroxylation is 5. The zero-order chi connectivity index (χ0) is 33.1. The van der Waals surface area contributed by atoms with Crippen LogP contribution in [0.2, 0.25) is 0 Å². The Morgan fingerprint density at radius 1 is 0.867 bits per heavy atom. The van der Waals surface area contributed by atoms with E-state index in [-0.39, 0.29) is 24.5 Å². The summed E-state index contributed by atoms with van der Waals surface area (Å²) in [5, 5.41) is 2.94. The fourth-order valence-electron chi connectivity index (χ4n) is 5.63. The third-order valence-electron chi connectivity index (χ3n) is 8.71. The number of amides is 1. The molecule has 45 heavy (non-hydrogen) atoms. The predicted molar refractivity (Wildman–Crippen MR) is 180 cm³/mol. The SMILES string of the molecule is CC(=O)N[C@](C)(CCc1ccc(/C(=C/CCc2cccc(C)c2C)OC(=O)CCCc2cccc(C)c2C)n1C)COC(C)=O. The highest BCUT2D eigenvalue weighted by Crippen LogP contribution is 2.25. The van der Waals surface area contributed by atoms with Crippen LogP contribution in [-0.4, -0.2) is 34.6 Å². The van der Waals surface area contributed by atoms with Crippen molar-refractivity contribution in [2.75, 3.05) is 6.61 Å². The second-order valence-corrected chi connectivity index (χ2v) is 12.4. The quantitative estimate of drug-likeness (QED) is 0.145. The number of rotatable bonds is 15. The van der Waals surface area contributed by atoms with Gasteiger partial charge in [0.2, 0.25) is 5.91 Å². The van der Waals surface area contributed by atoms with Gasteiger partial charge in [-0.2, -0.15) is 0 Å². The van der Waals surface area contributed by atoms with Crippen LogP contribution in [0.25, 0.3) is 5.76 Å². The zero-order valence-electron chi connectivity index (χ0n) is 28.3. The molecule has 1 heterocycles. The first-order valence-electron chi connectivity index (χ1n) is 15.9. The van der Waals surface area contributed by atoms with Gasteiger partial charge in [-0.25, -0.2) is 0 Å². The summed E-state index contributed by atoms with van der Waals surface area (Å²) in [5.41, 5.74) is 8.73. The predicted octanol–water partition coefficient (Wildman–Crippen LogP) is 7.19. The summed E-state index contributed by atoms with van der Waals surface area (Å²) in [6, 6.07) is 16.6. The second-order valence-electron chi connectivity index (χ2n) is 12.4. The zero-order valence-corrected chi connectivity index (χ0v) is 28.3. The highest BCUT2D eigenvalue weighted by atomic mass is 16.5. The molecule has 0 spiro atoms. The van der Waals surface area contributed by atoms with Gasteiger partial charge in [0.1, 0.15) is 6.61 Å². The number of hydrogen-bond donors (Lipinski definition) is 1. The number of carbonyl (C=O) groups is 3. The van der Waals surface area contributed by atoms with Gasteiger partial charge in [-0.1, -0.05) is 36.4 Å². The van der Waals surface area contributed by atoms with Crippen LogP contribution in [-0.2, 0) is 50.2 Å². The van der Waals surface area contributed by atoms with Crippen LogP contribution in [0.4, 0.5) is 0 Å². The molecule has 0 bridgehead atoms. The molecule has 0 saturated carbocycles. The number of nitrogens with one attached hydrogen (secondary N) is 1. The van der Waals surface area contributed by atoms with Gasteiger partial charge < -0.3 is 19.4 Å². The molecule has 7 nitrogen and oxygen atoms in total. The van der Waals surface area contributed by atoms with E-state index in [4.69, 9.17) is 9.47 Å². The van der Waals surface area contributed by atoms with E-state index in [2.05, 4.69) is 69.4 Å². The third kappa shape index (κ3) is 10.5. The van der Waals surface area contributed by atoms with Gasteiger partial charge in [0, 0.05) is 33.0 Å². The van der Waals surface area contributed by atoms with E-state index in [1.54, 1.807) is 0 Å². The molecule has 2 aromatic carbocycles. The summed E-state index contributed by atoms with van der Waals surface area (Å²) >= 11 is 0. The number of benzene rings is 2. The van der Waals surface area contributed by atoms with Crippen molar-refractivity contribution >= 4 is 23.6 Å². The molecule has 1 atom stereocenters. The number of allylic oxidation sites excluding steroid dienone is 1. The Balaban J connectivity index is 1.78. The minimum atomic E-state index is -0.714. The molecule has 0 aliphatic rings. The van der Waals surface area contributed by atoms with Gasteiger partial charge >= 0.3 is 11.9 Å². The molecule has 0 aliphatic carbocycles. The molecule has 0 saturated heterocycles. The number of esters is 2. The van der Waals surface area contributed by atoms with Crippen molar-refractivity contribution in [3.63, 3.8) is 0 Å². The summed E-state index contributed by atoms with van der Waals surface area (Å²) in [5.74, 6) is -0.272. The minimum absolute atomic E-state index is 0.0857. The van der Waals surface area contributed by atoms with Crippen LogP contribution in [0.15, 0.2) is 54.6 Å². The summed E-state index contributed by atoms with van der Waals surface area (Å²) in [7, 11) is 1.96. The maximum absolute atomic E-state index is 13.2. The number of nitrogens with zero attached hydrogens (tertiary/aromatic N) is 1. The Kier molecular flexibility index (Phi) is 12.8. The molecular formula is C38H50N2O5. The Morgan fingerprint density at radius 2 is 1.49 bits per heavy atom. The Labute approximate surface area is 269 Å². The van der Waals surface area contributed by atoms with Crippen LogP contribution >= 0.6 is 0 Å². The van der Waals surface area contributed by atoms with Crippen LogP contribution in [0.1, 0.15) is 91.2 Å². The van der Waals surface area contributed by atoms with Crippen molar-refractivity contribution in [3.05, 3.63) is 99.4 Å². The van der Waals surface area contributed by atoms with Gasteiger partial charge in [-0.15, -0.1) is 0 Å². The van der Waals surface area contributed by atoms with E-state index in [0.29, 0.717) is 31.4 Å². The average molecular weight is 615 g/mol. The van der Waals surface area contributed by atoms with E-state index < -0.39 is 5.54 Å². The first kappa shape index (κ1) is 35.4. The number of ether oxygens (including phenoxy) is 2. The van der Waals surface area contributed by atoms with Gasteiger partial charge in [0.05, 0.1) is 11.2 Å². The number of aromatic nitrogens is 1. The Bertz CT molecular complexity index is 1530. The molecule has 3 aromatic rings. The van der Waals surface area contributed by atoms with Crippen molar-refractivity contribution in [3.8, 4) is 0 Å². The lowest BCUT2D eigenvalue weighted by Gasteiger charge is -2.30. The monoisotopic (exact) mass is 614 g/mol. The fourth-order valence-corrected chi connectivity index (χ4v) is 5.63. The van der Waals surface area contributed by atoms with E-state index in [1.807, 2.05) is 36.7 Å². The lowest BCUT2D eigenvalue weighted by Crippen LogP contribution is -2.49. The smallest absolute Gasteiger partial charge is 0.311 e. The average Bonchev–Trinajstić information content (AvgIpc) is 3.34. The lowest BCUT2D eigenvalue weighted by atomic mass is 9.95. The van der Waals surface area contributed by atoms with Crippen molar-refractivity contribution in [1.29, 1.82) is 0 Å². The van der Waals surface area contributed by atoms with Crippen LogP contribution < -0.4 is 5.32 Å². The highest BCUT2D eigenvalue weighted by Gasteiger charge is 2.27. The van der Waals surface area contributed by atoms with Crippen molar-refractivity contribution in [1.82, 2.24) is 9.88 Å². The lowest BCUT2D eigenvalue weighted by molar-refractivity contribution is -0.144. The van der Waals surface area contributed by atoms with Gasteiger partial charge in [0.25, 0.3) is 0 Å². The fraction of sp³-hybridized carbons (Fsp3) is 0.447. The summed E-state index contributed by atoms with van der Waals surface area (Å²) in [6.07, 6.45) is 6.61. The summed E-state index contributed by atoms with van der Waals surface area (Å²) in [6.45, 7) is 13.3. The Morgan fingerprint density at radius 3 is 2.09 bits per heavy atom. The van der Waals surface area contributed by atoms with Crippen LogP contribution in [0.5, 0.6) is 0 Å². The standard InChI is InChI=1S/C38H50N2O5/c1-26-13-9-15-32(28(26)3)17-11-19-36(45-37(43)20-12-18-33-16-10-14-27(2)29(33)4)35-22-21-34(40(35)8)23-24-38(7,39-30(5)41)25-44-31(6)42/h9-10,13-16,19,21-22H,11-12,17-18,20,23-25H2,1-8H3,(H,39,41)/b36-19-/t38-/m1/s1. The van der Waals surface area contributed by atoms with E-state index in [1.165, 1.54) is 47.2 Å². The number of hydrogen-bond acceptors (Lipinski definition) is 5. The summed E-state index contributed by atoms with van der Waals surface area (Å²) in [4.78, 5) is 36.5. The molecule has 242 valence electrons. The largest absolute Gasteiger partial charge is 0.463 e. The molecule has 0 aliphatic heterocycles. The molecule has 1 N–H and O–H groups in total. The summed E-state index contributed by atoms with van der Waals surface area (Å²) < 4.78 is 13.4. The first-order valence-corrected chi connectivity index (χ1v) is 15.9. The maximum atomic E-state index is 13.2. The topological polar surface area (TPSA) is 86.6 Å². The van der Waals surface area contributed by atoms with E-state index in [9.17, 15) is 14.4 Å². The maximum Gasteiger partial charge on any atom is 0.311 e. The van der Waals surface area contributed by atoms with Crippen molar-refractivity contribution in [2.24, 2.45) is 7.05 Å². The Hall–Kier alpha value is -4.13. The van der Waals surface area contributed by atoms with Gasteiger partial charge in [-0.05, 0) is 125 Å². The molecular weight excluding hydrogens is 564 g/mol. The molecule has 0 fully saturated rings. The molecule has 1 aromatic heterocycles. The number of carbonyl (C=O) groups excluding carboxylic acids is 3. The minimum Gasteiger partial charge on any atom is -0.463 e. The second kappa shape index (κ2) is 16.3. The third-order valence-corrected chi connectivity index (χ3v) is 8.71. The van der Waals surface area contributed by atoms with Crippen LogP contribution in [0.3, 0.4) is 0 Å². The molecule has 0 unspecified atom stereocenters. The molecule has 1 amide bonds. The van der Waals surface area contributed by atoms with Gasteiger partial charge in [0.15, 0.2) is 5.76 Å². The van der Waals surface area contributed by atoms with E-state index in [0.717, 1.165) is 30.7 Å². The van der Waals surface area contributed by atoms with E-state index >= 15 is 0 Å². The first-order chi connectivity index (χ1) is 21.3. The normalized spacial score (nSPS) is 12.8. The van der Waals surface area contributed by atoms with Crippen LogP contribution in [0, 0.1) is 27.7 Å². The molecule has 3 rings (SSSR count). The molecule has 7 heteroatoms.